The first-order valence-electron chi connectivity index (χ1n) is 9.29. The quantitative estimate of drug-likeness (QED) is 0.437. The standard InChI is InChI=1S/C21H20FN5O2S/c1-2-30(28)26-18-8-5-15(17-12-25-27-10-9-24-21(23)20(17)27)11-19(18)29-13-14-3-6-16(22)7-4-14/h3-12,26H,2,13H2,1H3,(H2,23,24). The Bertz CT molecular complexity index is 1170. The Balaban J connectivity index is 1.70. The first-order chi connectivity index (χ1) is 14.5. The fourth-order valence-corrected chi connectivity index (χ4v) is 3.57. The van der Waals surface area contributed by atoms with Crippen LogP contribution in [0.3, 0.4) is 0 Å². The molecule has 0 fully saturated rings. The van der Waals surface area contributed by atoms with Crippen molar-refractivity contribution in [2.45, 2.75) is 13.5 Å². The van der Waals surface area contributed by atoms with Crippen LogP contribution in [0, 0.1) is 5.82 Å². The molecule has 2 heterocycles. The van der Waals surface area contributed by atoms with Gasteiger partial charge in [-0.2, -0.15) is 5.10 Å². The zero-order valence-corrected chi connectivity index (χ0v) is 17.0. The number of hydrogen-bond donors (Lipinski definition) is 2. The number of ether oxygens (including phenoxy) is 1. The molecule has 0 aliphatic carbocycles. The van der Waals surface area contributed by atoms with E-state index in [0.717, 1.165) is 16.7 Å². The van der Waals surface area contributed by atoms with Crippen LogP contribution in [0.2, 0.25) is 0 Å². The van der Waals surface area contributed by atoms with E-state index in [0.29, 0.717) is 28.5 Å². The highest BCUT2D eigenvalue weighted by Gasteiger charge is 2.15. The number of nitrogens with one attached hydrogen (secondary N) is 1. The predicted molar refractivity (Wildman–Crippen MR) is 116 cm³/mol. The summed E-state index contributed by atoms with van der Waals surface area (Å²) in [5.41, 5.74) is 9.79. The van der Waals surface area contributed by atoms with Crippen LogP contribution < -0.4 is 15.2 Å². The molecule has 4 rings (SSSR count). The molecule has 2 aromatic carbocycles. The lowest BCUT2D eigenvalue weighted by atomic mass is 10.1. The predicted octanol–water partition coefficient (Wildman–Crippen LogP) is 3.79. The van der Waals surface area contributed by atoms with E-state index in [4.69, 9.17) is 10.5 Å². The van der Waals surface area contributed by atoms with Crippen molar-refractivity contribution < 1.29 is 13.7 Å². The Morgan fingerprint density at radius 2 is 2.03 bits per heavy atom. The van der Waals surface area contributed by atoms with Gasteiger partial charge in [-0.05, 0) is 42.3 Å². The van der Waals surface area contributed by atoms with Crippen LogP contribution in [0.25, 0.3) is 16.6 Å². The van der Waals surface area contributed by atoms with Gasteiger partial charge in [0.25, 0.3) is 0 Å². The van der Waals surface area contributed by atoms with Gasteiger partial charge in [0.15, 0.2) is 0 Å². The molecule has 2 aromatic heterocycles. The average molecular weight is 425 g/mol. The van der Waals surface area contributed by atoms with Crippen molar-refractivity contribution in [3.63, 3.8) is 0 Å². The first kappa shape index (κ1) is 20.0. The smallest absolute Gasteiger partial charge is 0.150 e. The van der Waals surface area contributed by atoms with E-state index in [1.54, 1.807) is 41.3 Å². The first-order valence-corrected chi connectivity index (χ1v) is 10.6. The minimum Gasteiger partial charge on any atom is -0.593 e. The second kappa shape index (κ2) is 8.60. The number of halogens is 1. The van der Waals surface area contributed by atoms with Gasteiger partial charge in [0.1, 0.15) is 40.9 Å². The summed E-state index contributed by atoms with van der Waals surface area (Å²) in [6, 6.07) is 11.6. The molecule has 4 aromatic rings. The van der Waals surface area contributed by atoms with E-state index in [1.165, 1.54) is 12.1 Å². The van der Waals surface area contributed by atoms with E-state index in [2.05, 4.69) is 14.8 Å². The van der Waals surface area contributed by atoms with Gasteiger partial charge in [-0.1, -0.05) is 18.2 Å². The summed E-state index contributed by atoms with van der Waals surface area (Å²) in [5, 5.41) is 4.33. The summed E-state index contributed by atoms with van der Waals surface area (Å²) in [6.45, 7) is 2.06. The zero-order chi connectivity index (χ0) is 21.1. The van der Waals surface area contributed by atoms with Crippen LogP contribution >= 0.6 is 0 Å². The number of benzene rings is 2. The van der Waals surface area contributed by atoms with Crippen LogP contribution in [-0.4, -0.2) is 24.9 Å². The third kappa shape index (κ3) is 4.17. The highest BCUT2D eigenvalue weighted by Crippen LogP contribution is 2.35. The molecule has 30 heavy (non-hydrogen) atoms. The number of hydrogen-bond acceptors (Lipinski definition) is 6. The monoisotopic (exact) mass is 425 g/mol. The summed E-state index contributed by atoms with van der Waals surface area (Å²) in [6.07, 6.45) is 5.02. The van der Waals surface area contributed by atoms with Crippen LogP contribution in [0.15, 0.2) is 61.1 Å². The number of aromatic nitrogens is 3. The Morgan fingerprint density at radius 1 is 1.23 bits per heavy atom. The van der Waals surface area contributed by atoms with Crippen LogP contribution in [0.5, 0.6) is 5.75 Å². The molecule has 0 saturated heterocycles. The van der Waals surface area contributed by atoms with Crippen molar-refractivity contribution >= 4 is 28.4 Å². The molecule has 1 unspecified atom stereocenters. The van der Waals surface area contributed by atoms with E-state index < -0.39 is 11.4 Å². The number of nitrogens with two attached hydrogens (primary N) is 1. The molecule has 3 N–H and O–H groups in total. The van der Waals surface area contributed by atoms with Crippen molar-refractivity contribution in [3.05, 3.63) is 72.4 Å². The van der Waals surface area contributed by atoms with E-state index in [1.807, 2.05) is 19.1 Å². The molecule has 1 atom stereocenters. The summed E-state index contributed by atoms with van der Waals surface area (Å²) in [4.78, 5) is 4.14. The lowest BCUT2D eigenvalue weighted by molar-refractivity contribution is 0.308. The maximum absolute atomic E-state index is 13.2. The molecule has 7 nitrogen and oxygen atoms in total. The van der Waals surface area contributed by atoms with Gasteiger partial charge in [-0.3, -0.25) is 0 Å². The molecular formula is C21H20FN5O2S. The van der Waals surface area contributed by atoms with E-state index in [9.17, 15) is 8.94 Å². The Morgan fingerprint density at radius 3 is 2.80 bits per heavy atom. The highest BCUT2D eigenvalue weighted by atomic mass is 32.2. The van der Waals surface area contributed by atoms with Gasteiger partial charge in [0.2, 0.25) is 0 Å². The number of fused-ring (bicyclic) bond motifs is 1. The maximum Gasteiger partial charge on any atom is 0.150 e. The molecule has 0 spiro atoms. The van der Waals surface area contributed by atoms with Crippen molar-refractivity contribution in [1.82, 2.24) is 14.6 Å². The zero-order valence-electron chi connectivity index (χ0n) is 16.2. The lowest BCUT2D eigenvalue weighted by Crippen LogP contribution is -2.15. The summed E-state index contributed by atoms with van der Waals surface area (Å²) < 4.78 is 35.8. The maximum atomic E-state index is 13.2. The molecule has 0 saturated carbocycles. The molecular weight excluding hydrogens is 405 g/mol. The van der Waals surface area contributed by atoms with Crippen molar-refractivity contribution in [1.29, 1.82) is 0 Å². The molecule has 0 amide bonds. The Labute approximate surface area is 176 Å². The van der Waals surface area contributed by atoms with Crippen LogP contribution in [0.4, 0.5) is 15.9 Å². The highest BCUT2D eigenvalue weighted by molar-refractivity contribution is 7.92. The van der Waals surface area contributed by atoms with Gasteiger partial charge >= 0.3 is 0 Å². The number of nitrogens with zero attached hydrogens (tertiary/aromatic N) is 3. The van der Waals surface area contributed by atoms with Gasteiger partial charge in [0.05, 0.1) is 17.6 Å². The lowest BCUT2D eigenvalue weighted by Gasteiger charge is -2.16. The van der Waals surface area contributed by atoms with Gasteiger partial charge in [0, 0.05) is 18.0 Å². The molecule has 9 heteroatoms. The molecule has 0 aliphatic heterocycles. The Kier molecular flexibility index (Phi) is 5.73. The summed E-state index contributed by atoms with van der Waals surface area (Å²) >= 11 is -1.23. The second-order valence-electron chi connectivity index (χ2n) is 6.53. The molecule has 154 valence electrons. The van der Waals surface area contributed by atoms with Gasteiger partial charge < -0.3 is 15.0 Å². The normalized spacial score (nSPS) is 12.1. The van der Waals surface area contributed by atoms with Gasteiger partial charge in [-0.25, -0.2) is 18.6 Å². The minimum absolute atomic E-state index is 0.232. The fourth-order valence-electron chi connectivity index (χ4n) is 3.01. The third-order valence-corrected chi connectivity index (χ3v) is 5.52. The molecule has 0 aliphatic rings. The fraction of sp³-hybridized carbons (Fsp3) is 0.143. The number of nitrogen functional groups attached to an aromatic ring is 1. The van der Waals surface area contributed by atoms with Crippen molar-refractivity contribution in [3.8, 4) is 16.9 Å². The van der Waals surface area contributed by atoms with Gasteiger partial charge in [-0.15, -0.1) is 0 Å². The van der Waals surface area contributed by atoms with E-state index in [-0.39, 0.29) is 12.4 Å². The topological polar surface area (TPSA) is 101 Å². The molecule has 0 bridgehead atoms. The SMILES string of the molecule is CC[S+]([O-])Nc1ccc(-c2cnn3ccnc(N)c23)cc1OCc1ccc(F)cc1. The Hall–Kier alpha value is -3.30. The largest absolute Gasteiger partial charge is 0.593 e. The number of rotatable bonds is 7. The summed E-state index contributed by atoms with van der Waals surface area (Å²) in [7, 11) is 0. The second-order valence-corrected chi connectivity index (χ2v) is 8.00. The minimum atomic E-state index is -1.23. The average Bonchev–Trinajstić information content (AvgIpc) is 3.19. The van der Waals surface area contributed by atoms with Crippen LogP contribution in [-0.2, 0) is 18.0 Å². The summed E-state index contributed by atoms with van der Waals surface area (Å²) in [5.74, 6) is 1.03. The van der Waals surface area contributed by atoms with Crippen molar-refractivity contribution in [2.75, 3.05) is 16.2 Å². The molecule has 0 radical (unpaired) electrons. The van der Waals surface area contributed by atoms with Crippen molar-refractivity contribution in [2.24, 2.45) is 0 Å². The third-order valence-electron chi connectivity index (χ3n) is 4.55. The van der Waals surface area contributed by atoms with E-state index >= 15 is 0 Å². The number of anilines is 2. The van der Waals surface area contributed by atoms with Crippen LogP contribution in [0.1, 0.15) is 12.5 Å².